The van der Waals surface area contributed by atoms with E-state index in [2.05, 4.69) is 99.8 Å². The molecule has 0 aromatic carbocycles. The van der Waals surface area contributed by atoms with Crippen molar-refractivity contribution in [2.24, 2.45) is 0 Å². The van der Waals surface area contributed by atoms with Crippen LogP contribution in [0, 0.1) is 0 Å². The average molecular weight is 962 g/mol. The largest absolute Gasteiger partial charge is 0.462 e. The molecule has 0 saturated heterocycles. The molecule has 0 fully saturated rings. The van der Waals surface area contributed by atoms with Crippen molar-refractivity contribution in [2.45, 2.75) is 284 Å². The van der Waals surface area contributed by atoms with Gasteiger partial charge in [0.05, 0.1) is 0 Å². The number of unbranched alkanes of at least 4 members (excludes halogenated alkanes) is 27. The zero-order valence-electron chi connectivity index (χ0n) is 45.3. The van der Waals surface area contributed by atoms with Gasteiger partial charge >= 0.3 is 17.9 Å². The van der Waals surface area contributed by atoms with Crippen molar-refractivity contribution in [3.8, 4) is 0 Å². The molecular weight excluding hydrogens is 853 g/mol. The zero-order chi connectivity index (χ0) is 50.0. The Kier molecular flexibility index (Phi) is 54.3. The molecule has 0 aliphatic rings. The van der Waals surface area contributed by atoms with Crippen LogP contribution in [0.4, 0.5) is 0 Å². The van der Waals surface area contributed by atoms with Crippen LogP contribution in [0.25, 0.3) is 0 Å². The molecular formula is C63H108O6. The lowest BCUT2D eigenvalue weighted by atomic mass is 10.1. The Bertz CT molecular complexity index is 1330. The fourth-order valence-corrected chi connectivity index (χ4v) is 8.05. The second kappa shape index (κ2) is 57.2. The molecule has 396 valence electrons. The van der Waals surface area contributed by atoms with Crippen molar-refractivity contribution in [1.29, 1.82) is 0 Å². The topological polar surface area (TPSA) is 78.9 Å². The smallest absolute Gasteiger partial charge is 0.306 e. The first-order chi connectivity index (χ1) is 34.0. The number of rotatable bonds is 52. The van der Waals surface area contributed by atoms with E-state index < -0.39 is 12.1 Å². The van der Waals surface area contributed by atoms with Crippen LogP contribution < -0.4 is 0 Å². The summed E-state index contributed by atoms with van der Waals surface area (Å²) in [6.45, 7) is 6.47. The third kappa shape index (κ3) is 55.4. The maximum Gasteiger partial charge on any atom is 0.306 e. The molecule has 0 aromatic heterocycles. The maximum atomic E-state index is 12.8. The van der Waals surface area contributed by atoms with E-state index in [9.17, 15) is 14.4 Å². The molecule has 0 rings (SSSR count). The van der Waals surface area contributed by atoms with Gasteiger partial charge < -0.3 is 14.2 Å². The van der Waals surface area contributed by atoms with Crippen LogP contribution in [0.15, 0.2) is 85.1 Å². The molecule has 1 atom stereocenters. The van der Waals surface area contributed by atoms with Gasteiger partial charge in [0.25, 0.3) is 0 Å². The maximum absolute atomic E-state index is 12.8. The van der Waals surface area contributed by atoms with E-state index in [4.69, 9.17) is 14.2 Å². The summed E-state index contributed by atoms with van der Waals surface area (Å²) in [7, 11) is 0. The van der Waals surface area contributed by atoms with Crippen molar-refractivity contribution >= 4 is 17.9 Å². The summed E-state index contributed by atoms with van der Waals surface area (Å²) in [6, 6.07) is 0. The quantitative estimate of drug-likeness (QED) is 0.0262. The minimum Gasteiger partial charge on any atom is -0.462 e. The van der Waals surface area contributed by atoms with Gasteiger partial charge in [-0.05, 0) is 83.5 Å². The number of esters is 3. The monoisotopic (exact) mass is 961 g/mol. The standard InChI is InChI=1S/C63H108O6/c1-4-7-10-13-16-19-22-24-26-28-30-31-33-34-36-38-41-44-47-50-53-56-62(65)68-59-60(58-67-61(64)55-52-49-46-43-40-21-18-15-12-9-6-3)69-63(66)57-54-51-48-45-42-39-37-35-32-29-27-25-23-20-17-14-11-8-5-2/h8,11,17,20,25,27-28,30,32,35,39,42,48,51,60H,4-7,9-10,12-16,18-19,21-24,26,29,31,33-34,36-38,40-41,43-47,49-50,52-59H2,1-3H3/b11-8-,20-17-,27-25-,30-28-,35-32-,42-39-,51-48-. The van der Waals surface area contributed by atoms with Crippen LogP contribution in [0.2, 0.25) is 0 Å². The third-order valence-electron chi connectivity index (χ3n) is 12.4. The Morgan fingerprint density at radius 2 is 0.594 bits per heavy atom. The summed E-state index contributed by atoms with van der Waals surface area (Å²) >= 11 is 0. The molecule has 0 amide bonds. The van der Waals surface area contributed by atoms with Crippen molar-refractivity contribution in [3.63, 3.8) is 0 Å². The molecule has 6 nitrogen and oxygen atoms in total. The highest BCUT2D eigenvalue weighted by atomic mass is 16.6. The summed E-state index contributed by atoms with van der Waals surface area (Å²) in [4.78, 5) is 38.1. The summed E-state index contributed by atoms with van der Waals surface area (Å²) in [5.41, 5.74) is 0. The number of ether oxygens (including phenoxy) is 3. The number of carbonyl (C=O) groups excluding carboxylic acids is 3. The highest BCUT2D eigenvalue weighted by Crippen LogP contribution is 2.15. The van der Waals surface area contributed by atoms with Crippen molar-refractivity contribution < 1.29 is 28.6 Å². The highest BCUT2D eigenvalue weighted by molar-refractivity contribution is 5.71. The SMILES string of the molecule is CC/C=C\C/C=C\C/C=C\C/C=C\C/C=C\C/C=C\CCC(=O)OC(COC(=O)CCCCCCCCCCC/C=C\CCCCCCCCCC)COC(=O)CCCCCCCCCCCCC. The molecule has 0 spiro atoms. The number of hydrogen-bond acceptors (Lipinski definition) is 6. The predicted octanol–water partition coefficient (Wildman–Crippen LogP) is 19.5. The fraction of sp³-hybridized carbons (Fsp3) is 0.730. The van der Waals surface area contributed by atoms with Gasteiger partial charge in [0.2, 0.25) is 0 Å². The van der Waals surface area contributed by atoms with E-state index in [1.165, 1.54) is 154 Å². The van der Waals surface area contributed by atoms with Crippen LogP contribution in [0.1, 0.15) is 278 Å². The molecule has 0 bridgehead atoms. The Balaban J connectivity index is 4.42. The van der Waals surface area contributed by atoms with E-state index >= 15 is 0 Å². The molecule has 0 N–H and O–H groups in total. The molecule has 0 heterocycles. The van der Waals surface area contributed by atoms with Crippen molar-refractivity contribution in [2.75, 3.05) is 13.2 Å². The van der Waals surface area contributed by atoms with Gasteiger partial charge in [-0.3, -0.25) is 14.4 Å². The van der Waals surface area contributed by atoms with Crippen LogP contribution >= 0.6 is 0 Å². The first kappa shape index (κ1) is 65.6. The van der Waals surface area contributed by atoms with Gasteiger partial charge in [0.15, 0.2) is 6.10 Å². The molecule has 69 heavy (non-hydrogen) atoms. The lowest BCUT2D eigenvalue weighted by molar-refractivity contribution is -0.166. The summed E-state index contributed by atoms with van der Waals surface area (Å²) in [6.07, 6.45) is 74.5. The molecule has 0 aromatic rings. The average Bonchev–Trinajstić information content (AvgIpc) is 3.35. The molecule has 0 radical (unpaired) electrons. The second-order valence-corrected chi connectivity index (χ2v) is 19.2. The number of hydrogen-bond donors (Lipinski definition) is 0. The van der Waals surface area contributed by atoms with Crippen LogP contribution in [-0.4, -0.2) is 37.2 Å². The second-order valence-electron chi connectivity index (χ2n) is 19.2. The predicted molar refractivity (Wildman–Crippen MR) is 297 cm³/mol. The van der Waals surface area contributed by atoms with Gasteiger partial charge in [-0.2, -0.15) is 0 Å². The zero-order valence-corrected chi connectivity index (χ0v) is 45.3. The minimum absolute atomic E-state index is 0.105. The first-order valence-electron chi connectivity index (χ1n) is 29.1. The lowest BCUT2D eigenvalue weighted by Gasteiger charge is -2.18. The Morgan fingerprint density at radius 3 is 0.942 bits per heavy atom. The van der Waals surface area contributed by atoms with Crippen LogP contribution in [-0.2, 0) is 28.6 Å². The van der Waals surface area contributed by atoms with E-state index in [1.807, 2.05) is 6.08 Å². The van der Waals surface area contributed by atoms with Gasteiger partial charge in [0.1, 0.15) is 13.2 Å². The molecule has 0 aliphatic heterocycles. The molecule has 0 saturated carbocycles. The summed E-state index contributed by atoms with van der Waals surface area (Å²) in [5, 5.41) is 0. The van der Waals surface area contributed by atoms with Gasteiger partial charge in [-0.1, -0.05) is 260 Å². The Hall–Kier alpha value is -3.41. The van der Waals surface area contributed by atoms with Gasteiger partial charge in [0, 0.05) is 19.3 Å². The highest BCUT2D eigenvalue weighted by Gasteiger charge is 2.19. The van der Waals surface area contributed by atoms with E-state index in [0.29, 0.717) is 19.3 Å². The van der Waals surface area contributed by atoms with E-state index in [-0.39, 0.29) is 31.6 Å². The molecule has 0 aliphatic carbocycles. The van der Waals surface area contributed by atoms with E-state index in [0.717, 1.165) is 77.0 Å². The van der Waals surface area contributed by atoms with Crippen molar-refractivity contribution in [1.82, 2.24) is 0 Å². The van der Waals surface area contributed by atoms with Crippen molar-refractivity contribution in [3.05, 3.63) is 85.1 Å². The van der Waals surface area contributed by atoms with Gasteiger partial charge in [-0.15, -0.1) is 0 Å². The number of carbonyl (C=O) groups is 3. The summed E-state index contributed by atoms with van der Waals surface area (Å²) in [5.74, 6) is -0.987. The van der Waals surface area contributed by atoms with Gasteiger partial charge in [-0.25, -0.2) is 0 Å². The summed E-state index contributed by atoms with van der Waals surface area (Å²) < 4.78 is 16.8. The number of allylic oxidation sites excluding steroid dienone is 14. The minimum atomic E-state index is -0.816. The van der Waals surface area contributed by atoms with Crippen LogP contribution in [0.5, 0.6) is 0 Å². The normalized spacial score (nSPS) is 12.7. The molecule has 6 heteroatoms. The lowest BCUT2D eigenvalue weighted by Crippen LogP contribution is -2.30. The fourth-order valence-electron chi connectivity index (χ4n) is 8.05. The Morgan fingerprint density at radius 1 is 0.304 bits per heavy atom. The molecule has 1 unspecified atom stereocenters. The van der Waals surface area contributed by atoms with Crippen LogP contribution in [0.3, 0.4) is 0 Å². The first-order valence-corrected chi connectivity index (χ1v) is 29.1. The Labute approximate surface area is 426 Å². The third-order valence-corrected chi connectivity index (χ3v) is 12.4. The van der Waals surface area contributed by atoms with E-state index in [1.54, 1.807) is 0 Å².